The van der Waals surface area contributed by atoms with Gasteiger partial charge in [0.05, 0.1) is 19.1 Å². The molecule has 0 fully saturated rings. The van der Waals surface area contributed by atoms with Crippen molar-refractivity contribution in [3.63, 3.8) is 0 Å². The van der Waals surface area contributed by atoms with Crippen LogP contribution in [0, 0.1) is 0 Å². The molecule has 1 atom stereocenters. The first-order valence-electron chi connectivity index (χ1n) is 7.88. The number of nitrogens with one attached hydrogen (secondary N) is 2. The molecule has 0 unspecified atom stereocenters. The minimum absolute atomic E-state index is 0.0717. The normalized spacial score (nSPS) is 12.3. The highest BCUT2D eigenvalue weighted by atomic mass is 35.5. The van der Waals surface area contributed by atoms with Crippen molar-refractivity contribution in [1.82, 2.24) is 15.5 Å². The summed E-state index contributed by atoms with van der Waals surface area (Å²) in [7, 11) is 0. The molecule has 0 spiro atoms. The first kappa shape index (κ1) is 19.5. The molecule has 1 aromatic rings. The molecular formula is C17H26ClN3O2. The molecule has 5 nitrogen and oxygen atoms in total. The predicted octanol–water partition coefficient (Wildman–Crippen LogP) is 2.36. The molecule has 0 radical (unpaired) electrons. The Bertz CT molecular complexity index is 534. The number of benzene rings is 1. The Labute approximate surface area is 143 Å². The van der Waals surface area contributed by atoms with Crippen LogP contribution in [0.1, 0.15) is 39.3 Å². The second kappa shape index (κ2) is 9.53. The van der Waals surface area contributed by atoms with Crippen LogP contribution in [-0.2, 0) is 9.59 Å². The van der Waals surface area contributed by atoms with Gasteiger partial charge >= 0.3 is 0 Å². The van der Waals surface area contributed by atoms with Gasteiger partial charge in [-0.2, -0.15) is 0 Å². The maximum absolute atomic E-state index is 12.2. The Balaban J connectivity index is 2.51. The number of carbonyl (C=O) groups is 2. The molecule has 0 aliphatic heterocycles. The molecule has 0 aromatic heterocycles. The predicted molar refractivity (Wildman–Crippen MR) is 93.4 cm³/mol. The van der Waals surface area contributed by atoms with Gasteiger partial charge in [0, 0.05) is 11.1 Å². The van der Waals surface area contributed by atoms with Crippen LogP contribution in [0.4, 0.5) is 0 Å². The molecule has 0 saturated carbocycles. The summed E-state index contributed by atoms with van der Waals surface area (Å²) >= 11 is 5.97. The van der Waals surface area contributed by atoms with E-state index in [9.17, 15) is 9.59 Å². The molecule has 2 N–H and O–H groups in total. The van der Waals surface area contributed by atoms with Crippen LogP contribution < -0.4 is 10.6 Å². The summed E-state index contributed by atoms with van der Waals surface area (Å²) in [5, 5.41) is 6.40. The summed E-state index contributed by atoms with van der Waals surface area (Å²) in [4.78, 5) is 25.8. The quantitative estimate of drug-likeness (QED) is 0.764. The largest absolute Gasteiger partial charge is 0.353 e. The fourth-order valence-corrected chi connectivity index (χ4v) is 2.40. The van der Waals surface area contributed by atoms with Crippen LogP contribution in [0.25, 0.3) is 0 Å². The summed E-state index contributed by atoms with van der Waals surface area (Å²) in [6.45, 7) is 8.69. The maximum atomic E-state index is 12.2. The van der Waals surface area contributed by atoms with Crippen molar-refractivity contribution in [3.8, 4) is 0 Å². The van der Waals surface area contributed by atoms with E-state index in [-0.39, 0.29) is 37.0 Å². The Morgan fingerprint density at radius 1 is 1.13 bits per heavy atom. The van der Waals surface area contributed by atoms with Gasteiger partial charge in [-0.1, -0.05) is 30.7 Å². The SMILES string of the molecule is CCN(CC(=O)NC(C)C)CC(=O)N[C@H](C)c1cccc(Cl)c1. The van der Waals surface area contributed by atoms with Gasteiger partial charge in [-0.05, 0) is 45.0 Å². The minimum atomic E-state index is -0.135. The van der Waals surface area contributed by atoms with Gasteiger partial charge < -0.3 is 10.6 Å². The van der Waals surface area contributed by atoms with E-state index in [1.54, 1.807) is 11.0 Å². The van der Waals surface area contributed by atoms with Crippen molar-refractivity contribution in [2.75, 3.05) is 19.6 Å². The summed E-state index contributed by atoms with van der Waals surface area (Å²) in [6, 6.07) is 7.37. The molecule has 0 saturated heterocycles. The number of rotatable bonds is 8. The molecule has 6 heteroatoms. The third-order valence-electron chi connectivity index (χ3n) is 3.36. The smallest absolute Gasteiger partial charge is 0.234 e. The minimum Gasteiger partial charge on any atom is -0.353 e. The summed E-state index contributed by atoms with van der Waals surface area (Å²) < 4.78 is 0. The van der Waals surface area contributed by atoms with E-state index in [4.69, 9.17) is 11.6 Å². The summed E-state index contributed by atoms with van der Waals surface area (Å²) in [6.07, 6.45) is 0. The molecule has 128 valence electrons. The van der Waals surface area contributed by atoms with Crippen LogP contribution in [0.3, 0.4) is 0 Å². The van der Waals surface area contributed by atoms with E-state index >= 15 is 0 Å². The van der Waals surface area contributed by atoms with Crippen molar-refractivity contribution in [3.05, 3.63) is 34.9 Å². The Kier molecular flexibility index (Phi) is 8.06. The lowest BCUT2D eigenvalue weighted by Crippen LogP contribution is -2.44. The summed E-state index contributed by atoms with van der Waals surface area (Å²) in [5.74, 6) is -0.186. The molecule has 0 heterocycles. The highest BCUT2D eigenvalue weighted by Crippen LogP contribution is 2.17. The number of carbonyl (C=O) groups excluding carboxylic acids is 2. The molecule has 0 bridgehead atoms. The number of hydrogen-bond donors (Lipinski definition) is 2. The van der Waals surface area contributed by atoms with Crippen LogP contribution in [0.2, 0.25) is 5.02 Å². The zero-order valence-corrected chi connectivity index (χ0v) is 15.0. The maximum Gasteiger partial charge on any atom is 0.234 e. The monoisotopic (exact) mass is 339 g/mol. The van der Waals surface area contributed by atoms with Gasteiger partial charge in [0.1, 0.15) is 0 Å². The van der Waals surface area contributed by atoms with Crippen molar-refractivity contribution >= 4 is 23.4 Å². The second-order valence-corrected chi connectivity index (χ2v) is 6.31. The highest BCUT2D eigenvalue weighted by molar-refractivity contribution is 6.30. The zero-order chi connectivity index (χ0) is 17.4. The second-order valence-electron chi connectivity index (χ2n) is 5.87. The lowest BCUT2D eigenvalue weighted by atomic mass is 10.1. The topological polar surface area (TPSA) is 61.4 Å². The Morgan fingerprint density at radius 2 is 1.74 bits per heavy atom. The average Bonchev–Trinajstić information content (AvgIpc) is 2.45. The number of amides is 2. The number of halogens is 1. The van der Waals surface area contributed by atoms with Crippen LogP contribution in [-0.4, -0.2) is 42.4 Å². The van der Waals surface area contributed by atoms with E-state index < -0.39 is 0 Å². The van der Waals surface area contributed by atoms with Crippen LogP contribution in [0.15, 0.2) is 24.3 Å². The van der Waals surface area contributed by atoms with Gasteiger partial charge in [-0.3, -0.25) is 14.5 Å². The number of hydrogen-bond acceptors (Lipinski definition) is 3. The standard InChI is InChI=1S/C17H26ClN3O2/c1-5-21(10-16(22)19-12(2)3)11-17(23)20-13(4)14-7-6-8-15(18)9-14/h6-9,12-13H,5,10-11H2,1-4H3,(H,19,22)(H,20,23)/t13-/m1/s1. The number of likely N-dealkylation sites (N-methyl/N-ethyl adjacent to an activating group) is 1. The molecule has 2 amide bonds. The average molecular weight is 340 g/mol. The molecule has 0 aliphatic carbocycles. The van der Waals surface area contributed by atoms with Crippen LogP contribution >= 0.6 is 11.6 Å². The zero-order valence-electron chi connectivity index (χ0n) is 14.2. The molecule has 1 aromatic carbocycles. The van der Waals surface area contributed by atoms with Gasteiger partial charge in [0.2, 0.25) is 11.8 Å². The van der Waals surface area contributed by atoms with E-state index in [1.807, 2.05) is 45.9 Å². The van der Waals surface area contributed by atoms with E-state index in [0.717, 1.165) is 5.56 Å². The van der Waals surface area contributed by atoms with Crippen molar-refractivity contribution < 1.29 is 9.59 Å². The first-order chi connectivity index (χ1) is 10.8. The third kappa shape index (κ3) is 7.48. The summed E-state index contributed by atoms with van der Waals surface area (Å²) in [5.41, 5.74) is 0.950. The van der Waals surface area contributed by atoms with Crippen molar-refractivity contribution in [2.45, 2.75) is 39.8 Å². The van der Waals surface area contributed by atoms with E-state index in [1.165, 1.54) is 0 Å². The van der Waals surface area contributed by atoms with E-state index in [2.05, 4.69) is 10.6 Å². The van der Waals surface area contributed by atoms with Crippen molar-refractivity contribution in [1.29, 1.82) is 0 Å². The van der Waals surface area contributed by atoms with Gasteiger partial charge in [-0.25, -0.2) is 0 Å². The Hall–Kier alpha value is -1.59. The van der Waals surface area contributed by atoms with Crippen LogP contribution in [0.5, 0.6) is 0 Å². The lowest BCUT2D eigenvalue weighted by Gasteiger charge is -2.22. The fourth-order valence-electron chi connectivity index (χ4n) is 2.20. The lowest BCUT2D eigenvalue weighted by molar-refractivity contribution is -0.125. The fraction of sp³-hybridized carbons (Fsp3) is 0.529. The molecular weight excluding hydrogens is 314 g/mol. The van der Waals surface area contributed by atoms with Crippen molar-refractivity contribution in [2.24, 2.45) is 0 Å². The molecule has 0 aliphatic rings. The van der Waals surface area contributed by atoms with E-state index in [0.29, 0.717) is 11.6 Å². The Morgan fingerprint density at radius 3 is 2.26 bits per heavy atom. The molecule has 1 rings (SSSR count). The number of nitrogens with zero attached hydrogens (tertiary/aromatic N) is 1. The third-order valence-corrected chi connectivity index (χ3v) is 3.59. The molecule has 23 heavy (non-hydrogen) atoms. The van der Waals surface area contributed by atoms with Gasteiger partial charge in [0.15, 0.2) is 0 Å². The van der Waals surface area contributed by atoms with Gasteiger partial charge in [-0.15, -0.1) is 0 Å². The first-order valence-corrected chi connectivity index (χ1v) is 8.26. The van der Waals surface area contributed by atoms with Gasteiger partial charge in [0.25, 0.3) is 0 Å². The highest BCUT2D eigenvalue weighted by Gasteiger charge is 2.15.